The van der Waals surface area contributed by atoms with Gasteiger partial charge in [-0.1, -0.05) is 18.2 Å². The summed E-state index contributed by atoms with van der Waals surface area (Å²) in [6, 6.07) is 10.8. The third-order valence-corrected chi connectivity index (χ3v) is 3.40. The molecule has 3 rings (SSSR count). The van der Waals surface area contributed by atoms with E-state index in [9.17, 15) is 4.79 Å². The Morgan fingerprint density at radius 3 is 2.81 bits per heavy atom. The molecule has 21 heavy (non-hydrogen) atoms. The summed E-state index contributed by atoms with van der Waals surface area (Å²) in [6.45, 7) is 0. The van der Waals surface area contributed by atoms with Crippen molar-refractivity contribution < 1.29 is 4.79 Å². The SMILES string of the molecule is N[C@@H](Cc1c[nH]c2ccccc12)C(=O)Nc1ccncc1. The number of hydrogen-bond donors (Lipinski definition) is 3. The van der Waals surface area contributed by atoms with Crippen LogP contribution in [0.25, 0.3) is 10.9 Å². The molecule has 106 valence electrons. The Hall–Kier alpha value is -2.66. The highest BCUT2D eigenvalue weighted by molar-refractivity contribution is 5.95. The van der Waals surface area contributed by atoms with Gasteiger partial charge in [-0.15, -0.1) is 0 Å². The van der Waals surface area contributed by atoms with Crippen molar-refractivity contribution in [3.63, 3.8) is 0 Å². The smallest absolute Gasteiger partial charge is 0.241 e. The van der Waals surface area contributed by atoms with Crippen LogP contribution in [-0.4, -0.2) is 21.9 Å². The normalized spacial score (nSPS) is 12.2. The van der Waals surface area contributed by atoms with Gasteiger partial charge in [-0.2, -0.15) is 0 Å². The summed E-state index contributed by atoms with van der Waals surface area (Å²) in [4.78, 5) is 19.2. The van der Waals surface area contributed by atoms with Gasteiger partial charge in [0.25, 0.3) is 0 Å². The molecule has 5 heteroatoms. The average Bonchev–Trinajstić information content (AvgIpc) is 2.91. The molecule has 0 aliphatic carbocycles. The number of H-pyrrole nitrogens is 1. The molecule has 0 unspecified atom stereocenters. The third kappa shape index (κ3) is 2.93. The van der Waals surface area contributed by atoms with Crippen LogP contribution in [0.2, 0.25) is 0 Å². The van der Waals surface area contributed by atoms with Crippen LogP contribution in [0.4, 0.5) is 5.69 Å². The summed E-state index contributed by atoms with van der Waals surface area (Å²) >= 11 is 0. The maximum atomic E-state index is 12.1. The van der Waals surface area contributed by atoms with Crippen LogP contribution in [0, 0.1) is 0 Å². The molecule has 0 fully saturated rings. The van der Waals surface area contributed by atoms with Crippen molar-refractivity contribution in [1.82, 2.24) is 9.97 Å². The number of carbonyl (C=O) groups is 1. The lowest BCUT2D eigenvalue weighted by molar-refractivity contribution is -0.117. The van der Waals surface area contributed by atoms with Gasteiger partial charge in [0.05, 0.1) is 6.04 Å². The predicted molar refractivity (Wildman–Crippen MR) is 82.8 cm³/mol. The Morgan fingerprint density at radius 1 is 1.24 bits per heavy atom. The van der Waals surface area contributed by atoms with Gasteiger partial charge in [0.1, 0.15) is 0 Å². The number of aromatic amines is 1. The van der Waals surface area contributed by atoms with E-state index in [1.807, 2.05) is 30.5 Å². The van der Waals surface area contributed by atoms with E-state index in [0.717, 1.165) is 16.5 Å². The molecule has 0 spiro atoms. The van der Waals surface area contributed by atoms with E-state index in [4.69, 9.17) is 5.73 Å². The Kier molecular flexibility index (Phi) is 3.66. The van der Waals surface area contributed by atoms with Crippen LogP contribution in [0.5, 0.6) is 0 Å². The zero-order chi connectivity index (χ0) is 14.7. The van der Waals surface area contributed by atoms with Crippen LogP contribution in [0.15, 0.2) is 55.0 Å². The molecule has 3 aromatic rings. The molecule has 2 aromatic heterocycles. The summed E-state index contributed by atoms with van der Waals surface area (Å²) in [7, 11) is 0. The molecule has 5 nitrogen and oxygen atoms in total. The fraction of sp³-hybridized carbons (Fsp3) is 0.125. The number of fused-ring (bicyclic) bond motifs is 1. The Balaban J connectivity index is 1.71. The molecule has 0 saturated carbocycles. The van der Waals surface area contributed by atoms with Crippen molar-refractivity contribution in [2.24, 2.45) is 5.73 Å². The van der Waals surface area contributed by atoms with E-state index < -0.39 is 6.04 Å². The number of hydrogen-bond acceptors (Lipinski definition) is 3. The van der Waals surface area contributed by atoms with Gasteiger partial charge in [-0.25, -0.2) is 0 Å². The van der Waals surface area contributed by atoms with Gasteiger partial charge < -0.3 is 16.0 Å². The first-order valence-electron chi connectivity index (χ1n) is 6.75. The maximum absolute atomic E-state index is 12.1. The van der Waals surface area contributed by atoms with E-state index in [2.05, 4.69) is 15.3 Å². The summed E-state index contributed by atoms with van der Waals surface area (Å²) in [5.41, 5.74) is 8.80. The molecule has 1 aromatic carbocycles. The minimum atomic E-state index is -0.600. The highest BCUT2D eigenvalue weighted by Crippen LogP contribution is 2.19. The summed E-state index contributed by atoms with van der Waals surface area (Å²) < 4.78 is 0. The van der Waals surface area contributed by atoms with Gasteiger partial charge in [0.15, 0.2) is 0 Å². The highest BCUT2D eigenvalue weighted by Gasteiger charge is 2.16. The second-order valence-corrected chi connectivity index (χ2v) is 4.90. The van der Waals surface area contributed by atoms with Crippen molar-refractivity contribution in [3.05, 3.63) is 60.6 Å². The van der Waals surface area contributed by atoms with Crippen LogP contribution in [-0.2, 0) is 11.2 Å². The summed E-state index contributed by atoms with van der Waals surface area (Å²) in [6.07, 6.45) is 5.65. The number of amides is 1. The van der Waals surface area contributed by atoms with Crippen molar-refractivity contribution in [1.29, 1.82) is 0 Å². The largest absolute Gasteiger partial charge is 0.361 e. The quantitative estimate of drug-likeness (QED) is 0.684. The van der Waals surface area contributed by atoms with Gasteiger partial charge >= 0.3 is 0 Å². The number of nitrogens with one attached hydrogen (secondary N) is 2. The fourth-order valence-electron chi connectivity index (χ4n) is 2.30. The number of nitrogens with two attached hydrogens (primary N) is 1. The number of anilines is 1. The molecule has 4 N–H and O–H groups in total. The number of aromatic nitrogens is 2. The van der Waals surface area contributed by atoms with Crippen LogP contribution >= 0.6 is 0 Å². The van der Waals surface area contributed by atoms with E-state index >= 15 is 0 Å². The van der Waals surface area contributed by atoms with Crippen LogP contribution in [0.1, 0.15) is 5.56 Å². The lowest BCUT2D eigenvalue weighted by Crippen LogP contribution is -2.37. The first-order valence-corrected chi connectivity index (χ1v) is 6.75. The first kappa shape index (κ1) is 13.3. The number of rotatable bonds is 4. The fourth-order valence-corrected chi connectivity index (χ4v) is 2.30. The number of carbonyl (C=O) groups excluding carboxylic acids is 1. The Labute approximate surface area is 122 Å². The molecule has 0 aliphatic heterocycles. The average molecular weight is 280 g/mol. The molecule has 0 radical (unpaired) electrons. The van der Waals surface area contributed by atoms with Crippen molar-refractivity contribution in [2.75, 3.05) is 5.32 Å². The van der Waals surface area contributed by atoms with Gasteiger partial charge in [-0.3, -0.25) is 9.78 Å². The van der Waals surface area contributed by atoms with Crippen molar-refractivity contribution >= 4 is 22.5 Å². The minimum Gasteiger partial charge on any atom is -0.361 e. The van der Waals surface area contributed by atoms with Crippen molar-refractivity contribution in [3.8, 4) is 0 Å². The molecule has 2 heterocycles. The van der Waals surface area contributed by atoms with Crippen LogP contribution in [0.3, 0.4) is 0 Å². The molecule has 1 atom stereocenters. The van der Waals surface area contributed by atoms with E-state index in [1.54, 1.807) is 24.5 Å². The first-order chi connectivity index (χ1) is 10.2. The van der Waals surface area contributed by atoms with Gasteiger partial charge in [0, 0.05) is 35.2 Å². The monoisotopic (exact) mass is 280 g/mol. The topological polar surface area (TPSA) is 83.8 Å². The van der Waals surface area contributed by atoms with Gasteiger partial charge in [0.2, 0.25) is 5.91 Å². The zero-order valence-corrected chi connectivity index (χ0v) is 11.4. The molecular weight excluding hydrogens is 264 g/mol. The van der Waals surface area contributed by atoms with Crippen LogP contribution < -0.4 is 11.1 Å². The minimum absolute atomic E-state index is 0.202. The lowest BCUT2D eigenvalue weighted by atomic mass is 10.1. The van der Waals surface area contributed by atoms with E-state index in [0.29, 0.717) is 12.1 Å². The molecule has 0 bridgehead atoms. The standard InChI is InChI=1S/C16H16N4O/c17-14(16(21)20-12-5-7-18-8-6-12)9-11-10-19-15-4-2-1-3-13(11)15/h1-8,10,14,19H,9,17H2,(H,18,20,21)/t14-/m0/s1. The van der Waals surface area contributed by atoms with Crippen molar-refractivity contribution in [2.45, 2.75) is 12.5 Å². The highest BCUT2D eigenvalue weighted by atomic mass is 16.2. The van der Waals surface area contributed by atoms with E-state index in [1.165, 1.54) is 0 Å². The second kappa shape index (κ2) is 5.76. The van der Waals surface area contributed by atoms with E-state index in [-0.39, 0.29) is 5.91 Å². The molecule has 1 amide bonds. The summed E-state index contributed by atoms with van der Waals surface area (Å²) in [5, 5.41) is 3.89. The maximum Gasteiger partial charge on any atom is 0.241 e. The zero-order valence-electron chi connectivity index (χ0n) is 11.4. The number of pyridine rings is 1. The second-order valence-electron chi connectivity index (χ2n) is 4.90. The molecular formula is C16H16N4O. The number of benzene rings is 1. The predicted octanol–water partition coefficient (Wildman–Crippen LogP) is 2.07. The van der Waals surface area contributed by atoms with Gasteiger partial charge in [-0.05, 0) is 30.2 Å². The molecule has 0 saturated heterocycles. The number of nitrogens with zero attached hydrogens (tertiary/aromatic N) is 1. The molecule has 0 aliphatic rings. The third-order valence-electron chi connectivity index (χ3n) is 3.40. The Morgan fingerprint density at radius 2 is 2.00 bits per heavy atom. The Bertz CT molecular complexity index is 751. The lowest BCUT2D eigenvalue weighted by Gasteiger charge is -2.11. The summed E-state index contributed by atoms with van der Waals surface area (Å²) in [5.74, 6) is -0.202. The number of para-hydroxylation sites is 1.